The van der Waals surface area contributed by atoms with Crippen molar-refractivity contribution in [1.82, 2.24) is 14.9 Å². The largest absolute Gasteiger partial charge is 0.468 e. The van der Waals surface area contributed by atoms with Gasteiger partial charge in [-0.15, -0.1) is 10.2 Å². The van der Waals surface area contributed by atoms with Crippen molar-refractivity contribution in [2.45, 2.75) is 5.16 Å². The predicted octanol–water partition coefficient (Wildman–Crippen LogP) is 0.517. The Labute approximate surface area is 101 Å². The van der Waals surface area contributed by atoms with Gasteiger partial charge in [0.15, 0.2) is 5.76 Å². The van der Waals surface area contributed by atoms with Crippen molar-refractivity contribution in [3.63, 3.8) is 0 Å². The third-order valence-corrected chi connectivity index (χ3v) is 2.87. The van der Waals surface area contributed by atoms with Crippen molar-refractivity contribution < 1.29 is 13.9 Å². The molecule has 0 aromatic carbocycles. The van der Waals surface area contributed by atoms with E-state index in [0.717, 1.165) is 11.8 Å². The minimum atomic E-state index is -0.349. The molecule has 2 N–H and O–H groups in total. The first-order chi connectivity index (χ1) is 8.22. The Morgan fingerprint density at radius 3 is 3.12 bits per heavy atom. The molecule has 0 amide bonds. The molecule has 0 aliphatic rings. The van der Waals surface area contributed by atoms with Gasteiger partial charge in [-0.25, -0.2) is 4.68 Å². The number of nitrogen functional groups attached to an aromatic ring is 1. The molecule has 90 valence electrons. The number of rotatable bonds is 4. The summed E-state index contributed by atoms with van der Waals surface area (Å²) in [6, 6.07) is 3.45. The summed E-state index contributed by atoms with van der Waals surface area (Å²) < 4.78 is 10.9. The third kappa shape index (κ3) is 2.41. The van der Waals surface area contributed by atoms with Crippen LogP contribution < -0.4 is 5.84 Å². The van der Waals surface area contributed by atoms with Gasteiger partial charge in [0.05, 0.1) is 19.1 Å². The molecule has 2 rings (SSSR count). The molecule has 2 aromatic rings. The third-order valence-electron chi connectivity index (χ3n) is 1.95. The Morgan fingerprint density at radius 2 is 2.47 bits per heavy atom. The summed E-state index contributed by atoms with van der Waals surface area (Å²) in [4.78, 5) is 11.0. The molecular formula is C9H10N4O3S. The number of ether oxygens (including phenoxy) is 1. The van der Waals surface area contributed by atoms with Gasteiger partial charge in [0.1, 0.15) is 0 Å². The second-order valence-corrected chi connectivity index (χ2v) is 3.96. The van der Waals surface area contributed by atoms with Crippen LogP contribution in [0.2, 0.25) is 0 Å². The van der Waals surface area contributed by atoms with Gasteiger partial charge >= 0.3 is 5.97 Å². The molecule has 17 heavy (non-hydrogen) atoms. The fraction of sp³-hybridized carbons (Fsp3) is 0.222. The number of hydrogen-bond donors (Lipinski definition) is 1. The highest BCUT2D eigenvalue weighted by molar-refractivity contribution is 7.99. The highest BCUT2D eigenvalue weighted by Gasteiger charge is 2.15. The number of hydrogen-bond acceptors (Lipinski definition) is 7. The molecule has 7 nitrogen and oxygen atoms in total. The number of nitrogens with two attached hydrogens (primary N) is 1. The van der Waals surface area contributed by atoms with Crippen molar-refractivity contribution in [3.05, 3.63) is 18.4 Å². The zero-order valence-corrected chi connectivity index (χ0v) is 9.81. The summed E-state index contributed by atoms with van der Waals surface area (Å²) in [5, 5.41) is 8.16. The van der Waals surface area contributed by atoms with Crippen molar-refractivity contribution in [2.24, 2.45) is 0 Å². The van der Waals surface area contributed by atoms with E-state index >= 15 is 0 Å². The lowest BCUT2D eigenvalue weighted by molar-refractivity contribution is -0.137. The number of esters is 1. The van der Waals surface area contributed by atoms with Crippen LogP contribution >= 0.6 is 11.8 Å². The van der Waals surface area contributed by atoms with E-state index < -0.39 is 0 Å². The van der Waals surface area contributed by atoms with Gasteiger partial charge < -0.3 is 15.0 Å². The van der Waals surface area contributed by atoms with Crippen LogP contribution in [0, 0.1) is 0 Å². The standard InChI is InChI=1S/C9H10N4O3S/c1-15-7(14)5-17-9-12-11-8(13(9)10)6-3-2-4-16-6/h2-4H,5,10H2,1H3. The van der Waals surface area contributed by atoms with Crippen LogP contribution in [0.25, 0.3) is 11.6 Å². The zero-order valence-electron chi connectivity index (χ0n) is 8.99. The van der Waals surface area contributed by atoms with E-state index in [9.17, 15) is 4.79 Å². The summed E-state index contributed by atoms with van der Waals surface area (Å²) in [5.41, 5.74) is 0. The Bertz CT molecular complexity index is 508. The first-order valence-corrected chi connectivity index (χ1v) is 5.65. The van der Waals surface area contributed by atoms with Gasteiger partial charge in [0.25, 0.3) is 0 Å². The molecule has 0 bridgehead atoms. The molecule has 2 aromatic heterocycles. The fourth-order valence-electron chi connectivity index (χ4n) is 1.13. The molecule has 0 atom stereocenters. The zero-order chi connectivity index (χ0) is 12.3. The predicted molar refractivity (Wildman–Crippen MR) is 60.6 cm³/mol. The second kappa shape index (κ2) is 4.91. The van der Waals surface area contributed by atoms with Crippen LogP contribution in [-0.2, 0) is 9.53 Å². The number of nitrogens with zero attached hydrogens (tertiary/aromatic N) is 3. The molecular weight excluding hydrogens is 244 g/mol. The first-order valence-electron chi connectivity index (χ1n) is 4.66. The molecule has 0 unspecified atom stereocenters. The van der Waals surface area contributed by atoms with Crippen LogP contribution in [0.3, 0.4) is 0 Å². The molecule has 8 heteroatoms. The van der Waals surface area contributed by atoms with Crippen molar-refractivity contribution in [2.75, 3.05) is 18.7 Å². The number of thioether (sulfide) groups is 1. The van der Waals surface area contributed by atoms with Gasteiger partial charge in [0.2, 0.25) is 11.0 Å². The smallest absolute Gasteiger partial charge is 0.316 e. The number of methoxy groups -OCH3 is 1. The van der Waals surface area contributed by atoms with Gasteiger partial charge in [-0.1, -0.05) is 11.8 Å². The SMILES string of the molecule is COC(=O)CSc1nnc(-c2ccco2)n1N. The van der Waals surface area contributed by atoms with Crippen LogP contribution in [0.4, 0.5) is 0 Å². The van der Waals surface area contributed by atoms with Crippen molar-refractivity contribution in [3.8, 4) is 11.6 Å². The first kappa shape index (κ1) is 11.5. The highest BCUT2D eigenvalue weighted by atomic mass is 32.2. The molecule has 0 fully saturated rings. The van der Waals surface area contributed by atoms with Crippen molar-refractivity contribution in [1.29, 1.82) is 0 Å². The van der Waals surface area contributed by atoms with Gasteiger partial charge in [-0.3, -0.25) is 4.79 Å². The summed E-state index contributed by atoms with van der Waals surface area (Å²) in [6.07, 6.45) is 1.52. The van der Waals surface area contributed by atoms with Gasteiger partial charge in [-0.05, 0) is 12.1 Å². The maximum Gasteiger partial charge on any atom is 0.316 e. The highest BCUT2D eigenvalue weighted by Crippen LogP contribution is 2.21. The minimum Gasteiger partial charge on any atom is -0.468 e. The van der Waals surface area contributed by atoms with Crippen LogP contribution in [0.15, 0.2) is 28.0 Å². The summed E-state index contributed by atoms with van der Waals surface area (Å²) in [7, 11) is 1.32. The summed E-state index contributed by atoms with van der Waals surface area (Å²) in [5.74, 6) is 6.48. The molecule has 2 heterocycles. The maximum atomic E-state index is 11.0. The quantitative estimate of drug-likeness (QED) is 0.482. The maximum absolute atomic E-state index is 11.0. The van der Waals surface area contributed by atoms with E-state index in [1.54, 1.807) is 12.1 Å². The Balaban J connectivity index is 2.13. The number of aromatic nitrogens is 3. The van der Waals surface area contributed by atoms with Crippen molar-refractivity contribution >= 4 is 17.7 Å². The summed E-state index contributed by atoms with van der Waals surface area (Å²) >= 11 is 1.15. The van der Waals surface area contributed by atoms with E-state index in [1.165, 1.54) is 18.0 Å². The van der Waals surface area contributed by atoms with Crippen LogP contribution in [0.1, 0.15) is 0 Å². The Morgan fingerprint density at radius 1 is 1.65 bits per heavy atom. The lowest BCUT2D eigenvalue weighted by Crippen LogP contribution is -2.12. The summed E-state index contributed by atoms with van der Waals surface area (Å²) in [6.45, 7) is 0. The van der Waals surface area contributed by atoms with Crippen LogP contribution in [-0.4, -0.2) is 33.7 Å². The van der Waals surface area contributed by atoms with E-state index in [-0.39, 0.29) is 11.7 Å². The Hall–Kier alpha value is -1.96. The average molecular weight is 254 g/mol. The normalized spacial score (nSPS) is 10.4. The van der Waals surface area contributed by atoms with E-state index in [2.05, 4.69) is 14.9 Å². The number of furan rings is 1. The molecule has 0 radical (unpaired) electrons. The van der Waals surface area contributed by atoms with Gasteiger partial charge in [0, 0.05) is 0 Å². The molecule has 0 aliphatic heterocycles. The van der Waals surface area contributed by atoms with Crippen LogP contribution in [0.5, 0.6) is 0 Å². The molecule has 0 saturated heterocycles. The van der Waals surface area contributed by atoms with E-state index in [4.69, 9.17) is 10.3 Å². The average Bonchev–Trinajstić information content (AvgIpc) is 2.95. The van der Waals surface area contributed by atoms with E-state index in [1.807, 2.05) is 0 Å². The lowest BCUT2D eigenvalue weighted by Gasteiger charge is -2.00. The second-order valence-electron chi connectivity index (χ2n) is 3.02. The monoisotopic (exact) mass is 254 g/mol. The molecule has 0 aliphatic carbocycles. The Kier molecular flexibility index (Phi) is 3.33. The number of carbonyl (C=O) groups is 1. The minimum absolute atomic E-state index is 0.129. The topological polar surface area (TPSA) is 96.2 Å². The lowest BCUT2D eigenvalue weighted by atomic mass is 10.4. The van der Waals surface area contributed by atoms with E-state index in [0.29, 0.717) is 16.7 Å². The van der Waals surface area contributed by atoms with Gasteiger partial charge in [-0.2, -0.15) is 0 Å². The fourth-order valence-corrected chi connectivity index (χ4v) is 1.82. The number of carbonyl (C=O) groups excluding carboxylic acids is 1. The molecule has 0 saturated carbocycles. The molecule has 0 spiro atoms.